The lowest BCUT2D eigenvalue weighted by Crippen LogP contribution is -2.02. The molecule has 9 aromatic carbocycles. The van der Waals surface area contributed by atoms with E-state index in [1.807, 2.05) is 53.8 Å². The lowest BCUT2D eigenvalue weighted by atomic mass is 9.90. The van der Waals surface area contributed by atoms with E-state index in [-0.39, 0.29) is 0 Å². The highest BCUT2D eigenvalue weighted by Gasteiger charge is 2.27. The van der Waals surface area contributed by atoms with Gasteiger partial charge in [-0.05, 0) is 64.7 Å². The lowest BCUT2D eigenvalue weighted by molar-refractivity contribution is 0.662. The fraction of sp³-hybridized carbons (Fsp3) is 0. The van der Waals surface area contributed by atoms with Crippen molar-refractivity contribution < 1.29 is 8.83 Å². The highest BCUT2D eigenvalue weighted by Crippen LogP contribution is 2.51. The number of fused-ring (bicyclic) bond motifs is 21. The number of para-hydroxylation sites is 3. The molecule has 0 spiro atoms. The van der Waals surface area contributed by atoms with Gasteiger partial charge in [0.2, 0.25) is 0 Å². The predicted molar refractivity (Wildman–Crippen MR) is 242 cm³/mol. The van der Waals surface area contributed by atoms with Crippen LogP contribution in [0.1, 0.15) is 0 Å². The van der Waals surface area contributed by atoms with E-state index in [2.05, 4.69) is 126 Å². The molecule has 0 saturated carbocycles. The maximum absolute atomic E-state index is 6.81. The smallest absolute Gasteiger partial charge is 0.197 e. The van der Waals surface area contributed by atoms with Gasteiger partial charge >= 0.3 is 0 Å². The molecule has 5 aromatic heterocycles. The number of hydrogen-bond donors (Lipinski definition) is 0. The van der Waals surface area contributed by atoms with Crippen molar-refractivity contribution in [3.8, 4) is 17.2 Å². The molecule has 0 bridgehead atoms. The molecule has 5 nitrogen and oxygen atoms in total. The highest BCUT2D eigenvalue weighted by molar-refractivity contribution is 7.27. The SMILES string of the molecule is c1ccc2c(c1)oc1ccc(-c3nc(-n4c5ccccc5c5c6c7ccccc7c7c8ccccc8sc7c6c6ccccc6c54)c4oc5ccccc5c4n3)cc12. The Kier molecular flexibility index (Phi) is 5.85. The monoisotopic (exact) mass is 757 g/mol. The van der Waals surface area contributed by atoms with Crippen LogP contribution in [-0.4, -0.2) is 14.5 Å². The molecule has 5 heterocycles. The maximum Gasteiger partial charge on any atom is 0.197 e. The van der Waals surface area contributed by atoms with Crippen molar-refractivity contribution in [2.75, 3.05) is 0 Å². The van der Waals surface area contributed by atoms with E-state index in [9.17, 15) is 0 Å². The molecule has 0 atom stereocenters. The van der Waals surface area contributed by atoms with Crippen LogP contribution in [0.25, 0.3) is 136 Å². The summed E-state index contributed by atoms with van der Waals surface area (Å²) < 4.78 is 18.0. The molecule has 0 aliphatic carbocycles. The number of aromatic nitrogens is 3. The molecule has 14 aromatic rings. The molecule has 0 unspecified atom stereocenters. The van der Waals surface area contributed by atoms with E-state index >= 15 is 0 Å². The summed E-state index contributed by atoms with van der Waals surface area (Å²) in [5.41, 5.74) is 6.95. The summed E-state index contributed by atoms with van der Waals surface area (Å²) in [6, 6.07) is 58.0. The Morgan fingerprint density at radius 1 is 0.431 bits per heavy atom. The van der Waals surface area contributed by atoms with Crippen molar-refractivity contribution in [1.29, 1.82) is 0 Å². The average molecular weight is 758 g/mol. The van der Waals surface area contributed by atoms with Crippen molar-refractivity contribution in [2.24, 2.45) is 0 Å². The quantitative estimate of drug-likeness (QED) is 0.165. The van der Waals surface area contributed by atoms with Crippen LogP contribution < -0.4 is 0 Å². The maximum atomic E-state index is 6.81. The van der Waals surface area contributed by atoms with Crippen LogP contribution in [0.2, 0.25) is 0 Å². The first kappa shape index (κ1) is 30.7. The fourth-order valence-electron chi connectivity index (χ4n) is 9.77. The van der Waals surface area contributed by atoms with E-state index in [4.69, 9.17) is 18.8 Å². The third kappa shape index (κ3) is 3.89. The summed E-state index contributed by atoms with van der Waals surface area (Å²) >= 11 is 1.89. The van der Waals surface area contributed by atoms with Crippen LogP contribution in [-0.2, 0) is 0 Å². The average Bonchev–Trinajstić information content (AvgIpc) is 4.05. The van der Waals surface area contributed by atoms with E-state index < -0.39 is 0 Å². The summed E-state index contributed by atoms with van der Waals surface area (Å²) in [4.78, 5) is 10.8. The minimum absolute atomic E-state index is 0.620. The zero-order valence-electron chi connectivity index (χ0n) is 30.7. The van der Waals surface area contributed by atoms with Gasteiger partial charge in [0.05, 0.1) is 11.0 Å². The molecule has 0 aliphatic rings. The molecule has 58 heavy (non-hydrogen) atoms. The largest absolute Gasteiger partial charge is 0.456 e. The Morgan fingerprint density at radius 3 is 1.84 bits per heavy atom. The zero-order chi connectivity index (χ0) is 37.6. The molecule has 0 radical (unpaired) electrons. The third-order valence-electron chi connectivity index (χ3n) is 12.2. The molecule has 0 N–H and O–H groups in total. The van der Waals surface area contributed by atoms with Crippen molar-refractivity contribution in [2.45, 2.75) is 0 Å². The van der Waals surface area contributed by atoms with Crippen LogP contribution in [0.5, 0.6) is 0 Å². The third-order valence-corrected chi connectivity index (χ3v) is 13.4. The molecule has 268 valence electrons. The summed E-state index contributed by atoms with van der Waals surface area (Å²) in [6.45, 7) is 0. The van der Waals surface area contributed by atoms with Crippen molar-refractivity contribution in [3.63, 3.8) is 0 Å². The van der Waals surface area contributed by atoms with Gasteiger partial charge in [0.15, 0.2) is 17.2 Å². The van der Waals surface area contributed by atoms with Gasteiger partial charge in [-0.1, -0.05) is 115 Å². The van der Waals surface area contributed by atoms with Crippen molar-refractivity contribution >= 4 is 130 Å². The van der Waals surface area contributed by atoms with Gasteiger partial charge in [-0.25, -0.2) is 9.97 Å². The van der Waals surface area contributed by atoms with Crippen LogP contribution in [0.15, 0.2) is 173 Å². The van der Waals surface area contributed by atoms with Crippen LogP contribution >= 0.6 is 11.3 Å². The molecule has 0 saturated heterocycles. The Hall–Kier alpha value is -7.54. The molecule has 0 amide bonds. The number of furan rings is 2. The normalized spacial score (nSPS) is 12.5. The Morgan fingerprint density at radius 2 is 1.03 bits per heavy atom. The lowest BCUT2D eigenvalue weighted by Gasteiger charge is -2.15. The Labute approximate surface area is 332 Å². The fourth-order valence-corrected chi connectivity index (χ4v) is 11.1. The number of rotatable bonds is 2. The van der Waals surface area contributed by atoms with E-state index in [1.165, 1.54) is 52.5 Å². The summed E-state index contributed by atoms with van der Waals surface area (Å²) in [5.74, 6) is 1.32. The van der Waals surface area contributed by atoms with Crippen LogP contribution in [0.3, 0.4) is 0 Å². The molecule has 14 rings (SSSR count). The van der Waals surface area contributed by atoms with Gasteiger partial charge in [0.25, 0.3) is 0 Å². The second kappa shape index (κ2) is 11.1. The van der Waals surface area contributed by atoms with Gasteiger partial charge in [0.1, 0.15) is 22.3 Å². The number of benzene rings is 9. The van der Waals surface area contributed by atoms with Gasteiger partial charge < -0.3 is 8.83 Å². The number of hydrogen-bond acceptors (Lipinski definition) is 5. The van der Waals surface area contributed by atoms with E-state index in [0.29, 0.717) is 17.2 Å². The van der Waals surface area contributed by atoms with Crippen LogP contribution in [0, 0.1) is 0 Å². The zero-order valence-corrected chi connectivity index (χ0v) is 31.5. The Bertz CT molecular complexity index is 4110. The molecule has 0 fully saturated rings. The van der Waals surface area contributed by atoms with E-state index in [1.54, 1.807) is 0 Å². The summed E-state index contributed by atoms with van der Waals surface area (Å²) in [6.07, 6.45) is 0. The minimum atomic E-state index is 0.620. The molecule has 0 aliphatic heterocycles. The Balaban J connectivity index is 1.20. The molecular formula is C52H27N3O2S. The second-order valence-electron chi connectivity index (χ2n) is 15.2. The topological polar surface area (TPSA) is 57.0 Å². The summed E-state index contributed by atoms with van der Waals surface area (Å²) in [5, 5.41) is 15.5. The van der Waals surface area contributed by atoms with Crippen molar-refractivity contribution in [3.05, 3.63) is 164 Å². The van der Waals surface area contributed by atoms with Crippen molar-refractivity contribution in [1.82, 2.24) is 14.5 Å². The first-order valence-electron chi connectivity index (χ1n) is 19.5. The van der Waals surface area contributed by atoms with Gasteiger partial charge in [-0.3, -0.25) is 4.57 Å². The van der Waals surface area contributed by atoms with E-state index in [0.717, 1.165) is 65.8 Å². The minimum Gasteiger partial charge on any atom is -0.456 e. The summed E-state index contributed by atoms with van der Waals surface area (Å²) in [7, 11) is 0. The van der Waals surface area contributed by atoms with Gasteiger partial charge in [0, 0.05) is 68.8 Å². The number of nitrogens with zero attached hydrogens (tertiary/aromatic N) is 3. The van der Waals surface area contributed by atoms with Gasteiger partial charge in [-0.15, -0.1) is 11.3 Å². The standard InChI is InChI=1S/C52H27N3O2S/c1-2-15-31-30(14-1)43-36-20-8-12-24-42(36)58-50(43)46-32-16-3-4-17-33(32)48-45(44(31)46)34-18-5-9-21-38(34)55(48)52-49-47(35-19-7-11-23-40(35)57-49)53-51(54-52)28-25-26-41-37(27-28)29-13-6-10-22-39(29)56-41/h1-27H. The predicted octanol–water partition coefficient (Wildman–Crippen LogP) is 14.9. The molecule has 6 heteroatoms. The van der Waals surface area contributed by atoms with Gasteiger partial charge in [-0.2, -0.15) is 0 Å². The first-order chi connectivity index (χ1) is 28.8. The van der Waals surface area contributed by atoms with Crippen LogP contribution in [0.4, 0.5) is 0 Å². The number of thiophene rings is 1. The first-order valence-corrected chi connectivity index (χ1v) is 20.3. The molecular weight excluding hydrogens is 731 g/mol. The second-order valence-corrected chi connectivity index (χ2v) is 16.2. The highest BCUT2D eigenvalue weighted by atomic mass is 32.1.